The summed E-state index contributed by atoms with van der Waals surface area (Å²) >= 11 is 1.32. The molecule has 0 radical (unpaired) electrons. The number of benzene rings is 2. The van der Waals surface area contributed by atoms with Crippen LogP contribution in [0.3, 0.4) is 0 Å². The van der Waals surface area contributed by atoms with Gasteiger partial charge in [-0.15, -0.1) is 0 Å². The minimum atomic E-state index is 0.0132. The Hall–Kier alpha value is -2.17. The van der Waals surface area contributed by atoms with E-state index in [9.17, 15) is 4.79 Å². The van der Waals surface area contributed by atoms with Gasteiger partial charge in [-0.25, -0.2) is 0 Å². The molecule has 0 aliphatic rings. The third kappa shape index (κ3) is 3.66. The Morgan fingerprint density at radius 3 is 2.08 bits per heavy atom. The maximum atomic E-state index is 11.9. The van der Waals surface area contributed by atoms with Gasteiger partial charge in [-0.3, -0.25) is 9.69 Å². The number of thiazole rings is 1. The first-order valence-electron chi connectivity index (χ1n) is 8.31. The Bertz CT molecular complexity index is 830. The average Bonchev–Trinajstić information content (AvgIpc) is 3.01. The first-order valence-corrected chi connectivity index (χ1v) is 9.13. The summed E-state index contributed by atoms with van der Waals surface area (Å²) < 4.78 is 0. The first-order chi connectivity index (χ1) is 11.7. The molecule has 0 unspecified atom stereocenters. The second-order valence-corrected chi connectivity index (χ2v) is 6.79. The zero-order valence-corrected chi connectivity index (χ0v) is 14.9. The van der Waals surface area contributed by atoms with Gasteiger partial charge in [0.1, 0.15) is 0 Å². The first kappa shape index (κ1) is 16.7. The molecule has 124 valence electrons. The predicted octanol–water partition coefficient (Wildman–Crippen LogP) is 4.61. The van der Waals surface area contributed by atoms with Crippen LogP contribution in [0.1, 0.15) is 18.7 Å². The van der Waals surface area contributed by atoms with Crippen molar-refractivity contribution in [1.29, 1.82) is 0 Å². The van der Waals surface area contributed by atoms with Crippen LogP contribution in [0.15, 0.2) is 59.4 Å². The Morgan fingerprint density at radius 1 is 0.875 bits per heavy atom. The molecule has 1 aromatic heterocycles. The molecule has 2 aromatic carbocycles. The van der Waals surface area contributed by atoms with E-state index in [-0.39, 0.29) is 4.87 Å². The van der Waals surface area contributed by atoms with E-state index < -0.39 is 0 Å². The van der Waals surface area contributed by atoms with Crippen LogP contribution in [0.4, 0.5) is 0 Å². The molecule has 3 rings (SSSR count). The highest BCUT2D eigenvalue weighted by atomic mass is 32.1. The van der Waals surface area contributed by atoms with Gasteiger partial charge in [0.25, 0.3) is 0 Å². The van der Waals surface area contributed by atoms with Crippen LogP contribution in [0.25, 0.3) is 22.4 Å². The van der Waals surface area contributed by atoms with E-state index in [2.05, 4.69) is 60.1 Å². The maximum Gasteiger partial charge on any atom is 0.305 e. The fraction of sp³-hybridized carbons (Fsp3) is 0.250. The fourth-order valence-corrected chi connectivity index (χ4v) is 3.71. The largest absolute Gasteiger partial charge is 0.312 e. The van der Waals surface area contributed by atoms with E-state index in [1.165, 1.54) is 22.5 Å². The second kappa shape index (κ2) is 7.60. The summed E-state index contributed by atoms with van der Waals surface area (Å²) in [5.74, 6) is 0. The van der Waals surface area contributed by atoms with E-state index in [0.717, 1.165) is 35.8 Å². The molecule has 0 amide bonds. The van der Waals surface area contributed by atoms with E-state index in [1.54, 1.807) is 0 Å². The Balaban J connectivity index is 1.91. The van der Waals surface area contributed by atoms with Gasteiger partial charge in [-0.1, -0.05) is 79.8 Å². The minimum absolute atomic E-state index is 0.0132. The summed E-state index contributed by atoms with van der Waals surface area (Å²) in [5, 5.41) is 0. The molecule has 0 aliphatic carbocycles. The van der Waals surface area contributed by atoms with Crippen molar-refractivity contribution in [2.75, 3.05) is 13.1 Å². The van der Waals surface area contributed by atoms with Gasteiger partial charge < -0.3 is 4.98 Å². The molecule has 0 aliphatic heterocycles. The van der Waals surface area contributed by atoms with Crippen LogP contribution in [0, 0.1) is 0 Å². The molecule has 3 aromatic rings. The molecule has 0 saturated carbocycles. The van der Waals surface area contributed by atoms with Crippen molar-refractivity contribution in [2.45, 2.75) is 20.4 Å². The highest BCUT2D eigenvalue weighted by Crippen LogP contribution is 2.27. The molecule has 1 heterocycles. The summed E-state index contributed by atoms with van der Waals surface area (Å²) in [4.78, 5) is 18.3. The van der Waals surface area contributed by atoms with Crippen molar-refractivity contribution in [3.8, 4) is 22.4 Å². The number of aromatic nitrogens is 1. The Labute approximate surface area is 146 Å². The van der Waals surface area contributed by atoms with Crippen molar-refractivity contribution in [2.24, 2.45) is 0 Å². The van der Waals surface area contributed by atoms with E-state index >= 15 is 0 Å². The number of H-pyrrole nitrogens is 1. The van der Waals surface area contributed by atoms with Crippen molar-refractivity contribution in [1.82, 2.24) is 9.88 Å². The third-order valence-electron chi connectivity index (χ3n) is 4.26. The third-order valence-corrected chi connectivity index (χ3v) is 5.13. The summed E-state index contributed by atoms with van der Waals surface area (Å²) in [6.07, 6.45) is 0. The molecular formula is C20H22N2OS. The maximum absolute atomic E-state index is 11.9. The van der Waals surface area contributed by atoms with E-state index in [1.807, 2.05) is 18.2 Å². The van der Waals surface area contributed by atoms with Crippen LogP contribution >= 0.6 is 11.3 Å². The summed E-state index contributed by atoms with van der Waals surface area (Å²) in [5.41, 5.74) is 4.40. The Morgan fingerprint density at radius 2 is 1.46 bits per heavy atom. The number of aromatic amines is 1. The molecular weight excluding hydrogens is 316 g/mol. The topological polar surface area (TPSA) is 36.1 Å². The lowest BCUT2D eigenvalue weighted by molar-refractivity contribution is 0.298. The quantitative estimate of drug-likeness (QED) is 0.712. The van der Waals surface area contributed by atoms with Gasteiger partial charge in [0.05, 0.1) is 5.69 Å². The van der Waals surface area contributed by atoms with Crippen LogP contribution in [-0.4, -0.2) is 23.0 Å². The standard InChI is InChI=1S/C20H22N2OS/c1-3-22(4-2)14-18-19(21-20(23)24-18)17-12-10-16(11-13-17)15-8-6-5-7-9-15/h5-13H,3-4,14H2,1-2H3,(H,21,23). The molecule has 0 saturated heterocycles. The minimum Gasteiger partial charge on any atom is -0.312 e. The Kier molecular flexibility index (Phi) is 5.28. The van der Waals surface area contributed by atoms with Gasteiger partial charge in [-0.05, 0) is 29.8 Å². The zero-order chi connectivity index (χ0) is 16.9. The summed E-state index contributed by atoms with van der Waals surface area (Å²) in [6.45, 7) is 7.07. The van der Waals surface area contributed by atoms with Gasteiger partial charge in [0.15, 0.2) is 0 Å². The summed E-state index contributed by atoms with van der Waals surface area (Å²) in [6, 6.07) is 18.7. The zero-order valence-electron chi connectivity index (χ0n) is 14.1. The number of nitrogens with zero attached hydrogens (tertiary/aromatic N) is 1. The van der Waals surface area contributed by atoms with Gasteiger partial charge >= 0.3 is 4.87 Å². The number of hydrogen-bond donors (Lipinski definition) is 1. The molecule has 0 fully saturated rings. The van der Waals surface area contributed by atoms with Crippen LogP contribution in [0.5, 0.6) is 0 Å². The normalized spacial score (nSPS) is 11.1. The smallest absolute Gasteiger partial charge is 0.305 e. The molecule has 3 nitrogen and oxygen atoms in total. The molecule has 4 heteroatoms. The molecule has 0 atom stereocenters. The highest BCUT2D eigenvalue weighted by molar-refractivity contribution is 7.09. The number of nitrogens with one attached hydrogen (secondary N) is 1. The van der Waals surface area contributed by atoms with Gasteiger partial charge in [-0.2, -0.15) is 0 Å². The highest BCUT2D eigenvalue weighted by Gasteiger charge is 2.13. The summed E-state index contributed by atoms with van der Waals surface area (Å²) in [7, 11) is 0. The molecule has 0 bridgehead atoms. The molecule has 0 spiro atoms. The lowest BCUT2D eigenvalue weighted by Crippen LogP contribution is -2.21. The fourth-order valence-electron chi connectivity index (χ4n) is 2.81. The number of hydrogen-bond acceptors (Lipinski definition) is 3. The number of rotatable bonds is 6. The monoisotopic (exact) mass is 338 g/mol. The van der Waals surface area contributed by atoms with Crippen LogP contribution in [0.2, 0.25) is 0 Å². The van der Waals surface area contributed by atoms with Crippen molar-refractivity contribution in [3.63, 3.8) is 0 Å². The van der Waals surface area contributed by atoms with E-state index in [0.29, 0.717) is 0 Å². The van der Waals surface area contributed by atoms with Crippen molar-refractivity contribution >= 4 is 11.3 Å². The van der Waals surface area contributed by atoms with Gasteiger partial charge in [0, 0.05) is 11.4 Å². The lowest BCUT2D eigenvalue weighted by atomic mass is 10.0. The van der Waals surface area contributed by atoms with Crippen LogP contribution < -0.4 is 4.87 Å². The average molecular weight is 338 g/mol. The van der Waals surface area contributed by atoms with E-state index in [4.69, 9.17) is 0 Å². The molecule has 1 N–H and O–H groups in total. The SMILES string of the molecule is CCN(CC)Cc1sc(=O)[nH]c1-c1ccc(-c2ccccc2)cc1. The van der Waals surface area contributed by atoms with Gasteiger partial charge in [0.2, 0.25) is 0 Å². The van der Waals surface area contributed by atoms with Crippen molar-refractivity contribution in [3.05, 3.63) is 69.1 Å². The van der Waals surface area contributed by atoms with Crippen LogP contribution in [-0.2, 0) is 6.54 Å². The molecule has 24 heavy (non-hydrogen) atoms. The second-order valence-electron chi connectivity index (χ2n) is 5.72. The predicted molar refractivity (Wildman–Crippen MR) is 102 cm³/mol. The lowest BCUT2D eigenvalue weighted by Gasteiger charge is -2.17. The van der Waals surface area contributed by atoms with Crippen molar-refractivity contribution < 1.29 is 0 Å².